The Balaban J connectivity index is 2.25. The maximum atomic E-state index is 12.3. The highest BCUT2D eigenvalue weighted by atomic mass is 35.5. The second-order valence-electron chi connectivity index (χ2n) is 4.85. The molecule has 1 N–H and O–H groups in total. The number of benzene rings is 1. The van der Waals surface area contributed by atoms with Gasteiger partial charge in [0.05, 0.1) is 0 Å². The number of piperazine rings is 1. The van der Waals surface area contributed by atoms with Gasteiger partial charge in [-0.3, -0.25) is 9.59 Å². The lowest BCUT2D eigenvalue weighted by Gasteiger charge is -2.37. The molecule has 2 unspecified atom stereocenters. The lowest BCUT2D eigenvalue weighted by molar-refractivity contribution is -0.149. The van der Waals surface area contributed by atoms with Crippen LogP contribution in [-0.2, 0) is 16.1 Å². The summed E-state index contributed by atoms with van der Waals surface area (Å²) < 4.78 is 0. The van der Waals surface area contributed by atoms with Gasteiger partial charge in [0.25, 0.3) is 0 Å². The summed E-state index contributed by atoms with van der Waals surface area (Å²) in [6.45, 7) is 3.88. The third kappa shape index (κ3) is 2.91. The number of carbonyl (C=O) groups is 2. The second-order valence-corrected chi connectivity index (χ2v) is 5.69. The van der Waals surface area contributed by atoms with Gasteiger partial charge in [0.2, 0.25) is 11.8 Å². The molecule has 6 heteroatoms. The van der Waals surface area contributed by atoms with Gasteiger partial charge >= 0.3 is 0 Å². The molecule has 1 aromatic carbocycles. The molecule has 1 aliphatic heterocycles. The number of hydrogen-bond donors (Lipinski definition) is 1. The van der Waals surface area contributed by atoms with Crippen molar-refractivity contribution in [3.8, 4) is 0 Å². The zero-order chi connectivity index (χ0) is 14.9. The number of carbonyl (C=O) groups excluding carboxylic acids is 2. The number of halogens is 2. The first-order chi connectivity index (χ1) is 9.43. The van der Waals surface area contributed by atoms with Crippen LogP contribution in [0.4, 0.5) is 0 Å². The van der Waals surface area contributed by atoms with E-state index in [0.29, 0.717) is 23.0 Å². The third-order valence-corrected chi connectivity index (χ3v) is 4.10. The minimum atomic E-state index is -0.503. The molecule has 0 radical (unpaired) electrons. The van der Waals surface area contributed by atoms with E-state index in [9.17, 15) is 9.59 Å². The Morgan fingerprint density at radius 1 is 1.30 bits per heavy atom. The number of rotatable bonds is 3. The standard InChI is InChI=1S/C14H16Cl2N2O2/c1-3-12-14(20)18(8(2)13(19)17-12)7-9-4-5-10(15)6-11(9)16/h4-6,8,12H,3,7H2,1-2H3,(H,17,19). The van der Waals surface area contributed by atoms with Crippen LogP contribution < -0.4 is 5.32 Å². The Bertz CT molecular complexity index is 548. The van der Waals surface area contributed by atoms with E-state index in [0.717, 1.165) is 5.56 Å². The number of nitrogens with one attached hydrogen (secondary N) is 1. The Labute approximate surface area is 128 Å². The first kappa shape index (κ1) is 15.1. The molecule has 1 aromatic rings. The van der Waals surface area contributed by atoms with Crippen LogP contribution in [0.2, 0.25) is 10.0 Å². The normalized spacial score (nSPS) is 22.9. The van der Waals surface area contributed by atoms with Crippen LogP contribution in [0, 0.1) is 0 Å². The molecule has 0 aliphatic carbocycles. The number of hydrogen-bond acceptors (Lipinski definition) is 2. The lowest BCUT2D eigenvalue weighted by Crippen LogP contribution is -2.61. The highest BCUT2D eigenvalue weighted by Crippen LogP contribution is 2.24. The molecular weight excluding hydrogens is 299 g/mol. The summed E-state index contributed by atoms with van der Waals surface area (Å²) in [5.74, 6) is -0.216. The van der Waals surface area contributed by atoms with E-state index >= 15 is 0 Å². The molecule has 1 fully saturated rings. The van der Waals surface area contributed by atoms with E-state index in [1.165, 1.54) is 0 Å². The maximum absolute atomic E-state index is 12.3. The van der Waals surface area contributed by atoms with Crippen LogP contribution >= 0.6 is 23.2 Å². The summed E-state index contributed by atoms with van der Waals surface area (Å²) >= 11 is 12.0. The van der Waals surface area contributed by atoms with Crippen molar-refractivity contribution in [2.24, 2.45) is 0 Å². The van der Waals surface area contributed by atoms with Gasteiger partial charge in [-0.05, 0) is 31.0 Å². The molecule has 1 heterocycles. The van der Waals surface area contributed by atoms with Crippen LogP contribution in [0.3, 0.4) is 0 Å². The molecule has 0 saturated carbocycles. The van der Waals surface area contributed by atoms with E-state index in [1.54, 1.807) is 30.0 Å². The molecule has 2 amide bonds. The van der Waals surface area contributed by atoms with Crippen molar-refractivity contribution < 1.29 is 9.59 Å². The molecule has 4 nitrogen and oxygen atoms in total. The fourth-order valence-electron chi connectivity index (χ4n) is 2.21. The van der Waals surface area contributed by atoms with Crippen molar-refractivity contribution >= 4 is 35.0 Å². The molecule has 2 atom stereocenters. The van der Waals surface area contributed by atoms with Gasteiger partial charge in [0, 0.05) is 16.6 Å². The third-order valence-electron chi connectivity index (χ3n) is 3.51. The second kappa shape index (κ2) is 6.02. The summed E-state index contributed by atoms with van der Waals surface area (Å²) in [5, 5.41) is 3.76. The minimum Gasteiger partial charge on any atom is -0.343 e. The molecule has 0 aromatic heterocycles. The zero-order valence-electron chi connectivity index (χ0n) is 11.3. The molecular formula is C14H16Cl2N2O2. The number of nitrogens with zero attached hydrogens (tertiary/aromatic N) is 1. The van der Waals surface area contributed by atoms with E-state index in [-0.39, 0.29) is 11.8 Å². The molecule has 1 aliphatic rings. The van der Waals surface area contributed by atoms with Crippen LogP contribution in [0.15, 0.2) is 18.2 Å². The van der Waals surface area contributed by atoms with Gasteiger partial charge in [0.15, 0.2) is 0 Å². The summed E-state index contributed by atoms with van der Waals surface area (Å²) in [7, 11) is 0. The smallest absolute Gasteiger partial charge is 0.246 e. The van der Waals surface area contributed by atoms with Crippen molar-refractivity contribution in [1.29, 1.82) is 0 Å². The Hall–Kier alpha value is -1.26. The van der Waals surface area contributed by atoms with Crippen LogP contribution in [-0.4, -0.2) is 28.8 Å². The van der Waals surface area contributed by atoms with Crippen LogP contribution in [0.5, 0.6) is 0 Å². The highest BCUT2D eigenvalue weighted by molar-refractivity contribution is 6.35. The average molecular weight is 315 g/mol. The summed E-state index contributed by atoms with van der Waals surface area (Å²) in [4.78, 5) is 25.8. The predicted molar refractivity (Wildman–Crippen MR) is 78.7 cm³/mol. The first-order valence-electron chi connectivity index (χ1n) is 6.48. The Kier molecular flexibility index (Phi) is 4.55. The molecule has 1 saturated heterocycles. The van der Waals surface area contributed by atoms with Crippen molar-refractivity contribution in [2.45, 2.75) is 38.9 Å². The van der Waals surface area contributed by atoms with Gasteiger partial charge in [-0.1, -0.05) is 36.2 Å². The summed E-state index contributed by atoms with van der Waals surface area (Å²) in [6, 6.07) is 4.17. The van der Waals surface area contributed by atoms with Gasteiger partial charge in [-0.25, -0.2) is 0 Å². The van der Waals surface area contributed by atoms with Crippen molar-refractivity contribution in [1.82, 2.24) is 10.2 Å². The molecule has 2 rings (SSSR count). The average Bonchev–Trinajstić information content (AvgIpc) is 2.41. The monoisotopic (exact) mass is 314 g/mol. The van der Waals surface area contributed by atoms with Gasteiger partial charge in [-0.15, -0.1) is 0 Å². The highest BCUT2D eigenvalue weighted by Gasteiger charge is 2.37. The lowest BCUT2D eigenvalue weighted by atomic mass is 10.0. The van der Waals surface area contributed by atoms with E-state index in [1.807, 2.05) is 6.92 Å². The summed E-state index contributed by atoms with van der Waals surface area (Å²) in [6.07, 6.45) is 0.572. The van der Waals surface area contributed by atoms with Gasteiger partial charge < -0.3 is 10.2 Å². The van der Waals surface area contributed by atoms with Crippen molar-refractivity contribution in [3.05, 3.63) is 33.8 Å². The number of amides is 2. The topological polar surface area (TPSA) is 49.4 Å². The van der Waals surface area contributed by atoms with E-state index in [4.69, 9.17) is 23.2 Å². The van der Waals surface area contributed by atoms with Crippen molar-refractivity contribution in [2.75, 3.05) is 0 Å². The molecule has 20 heavy (non-hydrogen) atoms. The minimum absolute atomic E-state index is 0.0781. The SMILES string of the molecule is CCC1NC(=O)C(C)N(Cc2ccc(Cl)cc2Cl)C1=O. The van der Waals surface area contributed by atoms with E-state index < -0.39 is 12.1 Å². The van der Waals surface area contributed by atoms with Crippen LogP contribution in [0.25, 0.3) is 0 Å². The largest absolute Gasteiger partial charge is 0.343 e. The Morgan fingerprint density at radius 2 is 2.00 bits per heavy atom. The first-order valence-corrected chi connectivity index (χ1v) is 7.24. The summed E-state index contributed by atoms with van der Waals surface area (Å²) in [5.41, 5.74) is 0.779. The molecule has 0 spiro atoms. The maximum Gasteiger partial charge on any atom is 0.246 e. The van der Waals surface area contributed by atoms with E-state index in [2.05, 4.69) is 5.32 Å². The predicted octanol–water partition coefficient (Wildman–Crippen LogP) is 2.62. The Morgan fingerprint density at radius 3 is 2.60 bits per heavy atom. The zero-order valence-corrected chi connectivity index (χ0v) is 12.8. The van der Waals surface area contributed by atoms with Gasteiger partial charge in [0.1, 0.15) is 12.1 Å². The fraction of sp³-hybridized carbons (Fsp3) is 0.429. The van der Waals surface area contributed by atoms with Crippen molar-refractivity contribution in [3.63, 3.8) is 0 Å². The van der Waals surface area contributed by atoms with Crippen LogP contribution in [0.1, 0.15) is 25.8 Å². The molecule has 108 valence electrons. The quantitative estimate of drug-likeness (QED) is 0.932. The van der Waals surface area contributed by atoms with Gasteiger partial charge in [-0.2, -0.15) is 0 Å². The fourth-order valence-corrected chi connectivity index (χ4v) is 2.68. The molecule has 0 bridgehead atoms.